The SMILES string of the molecule is COc1ccc(NF)cc1. The molecule has 0 saturated heterocycles. The lowest BCUT2D eigenvalue weighted by Gasteiger charge is -1.98. The summed E-state index contributed by atoms with van der Waals surface area (Å²) in [5, 5.41) is 0. The Morgan fingerprint density at radius 3 is 2.30 bits per heavy atom. The number of rotatable bonds is 2. The van der Waals surface area contributed by atoms with Gasteiger partial charge in [0.1, 0.15) is 5.75 Å². The van der Waals surface area contributed by atoms with Crippen molar-refractivity contribution in [2.75, 3.05) is 12.6 Å². The van der Waals surface area contributed by atoms with E-state index < -0.39 is 0 Å². The minimum atomic E-state index is 0.431. The van der Waals surface area contributed by atoms with Crippen molar-refractivity contribution in [3.8, 4) is 5.75 Å². The highest BCUT2D eigenvalue weighted by Gasteiger charge is 1.90. The molecular formula is C7H8FNO. The molecule has 1 aromatic rings. The maximum Gasteiger partial charge on any atom is 0.119 e. The van der Waals surface area contributed by atoms with Crippen LogP contribution in [-0.2, 0) is 0 Å². The van der Waals surface area contributed by atoms with Gasteiger partial charge in [0.05, 0.1) is 12.8 Å². The fraction of sp³-hybridized carbons (Fsp3) is 0.143. The predicted molar refractivity (Wildman–Crippen MR) is 37.7 cm³/mol. The van der Waals surface area contributed by atoms with Crippen LogP contribution in [0.2, 0.25) is 0 Å². The van der Waals surface area contributed by atoms with Crippen LogP contribution in [-0.4, -0.2) is 7.11 Å². The Bertz CT molecular complexity index is 174. The third-order valence-electron chi connectivity index (χ3n) is 1.20. The van der Waals surface area contributed by atoms with Crippen molar-refractivity contribution in [3.63, 3.8) is 0 Å². The number of hydrogen-bond donors (Lipinski definition) is 1. The van der Waals surface area contributed by atoms with Crippen molar-refractivity contribution >= 4 is 5.69 Å². The Balaban J connectivity index is 2.80. The lowest BCUT2D eigenvalue weighted by Crippen LogP contribution is -1.83. The molecule has 1 aromatic carbocycles. The van der Waals surface area contributed by atoms with E-state index in [1.807, 2.05) is 0 Å². The Morgan fingerprint density at radius 2 is 1.90 bits per heavy atom. The second-order valence-corrected chi connectivity index (χ2v) is 1.82. The monoisotopic (exact) mass is 141 g/mol. The van der Waals surface area contributed by atoms with E-state index in [1.165, 1.54) is 5.54 Å². The fourth-order valence-corrected chi connectivity index (χ4v) is 0.654. The van der Waals surface area contributed by atoms with Crippen LogP contribution in [0.1, 0.15) is 0 Å². The van der Waals surface area contributed by atoms with Crippen LogP contribution < -0.4 is 10.3 Å². The number of halogens is 1. The average Bonchev–Trinajstić information content (AvgIpc) is 2.05. The van der Waals surface area contributed by atoms with Crippen molar-refractivity contribution in [3.05, 3.63) is 24.3 Å². The highest BCUT2D eigenvalue weighted by molar-refractivity contribution is 5.44. The van der Waals surface area contributed by atoms with Gasteiger partial charge in [0.2, 0.25) is 0 Å². The first-order chi connectivity index (χ1) is 4.86. The van der Waals surface area contributed by atoms with Gasteiger partial charge < -0.3 is 4.74 Å². The largest absolute Gasteiger partial charge is 0.497 e. The molecule has 10 heavy (non-hydrogen) atoms. The Morgan fingerprint density at radius 1 is 1.30 bits per heavy atom. The third kappa shape index (κ3) is 1.37. The molecule has 0 heterocycles. The molecule has 2 nitrogen and oxygen atoms in total. The van der Waals surface area contributed by atoms with Crippen molar-refractivity contribution in [1.29, 1.82) is 0 Å². The van der Waals surface area contributed by atoms with E-state index in [0.29, 0.717) is 5.69 Å². The average molecular weight is 141 g/mol. The van der Waals surface area contributed by atoms with Crippen LogP contribution >= 0.6 is 0 Å². The van der Waals surface area contributed by atoms with Crippen LogP contribution in [0.3, 0.4) is 0 Å². The van der Waals surface area contributed by atoms with Crippen LogP contribution in [0, 0.1) is 0 Å². The molecule has 1 rings (SSSR count). The van der Waals surface area contributed by atoms with Gasteiger partial charge in [-0.15, -0.1) is 4.48 Å². The van der Waals surface area contributed by atoms with Crippen LogP contribution in [0.25, 0.3) is 0 Å². The smallest absolute Gasteiger partial charge is 0.119 e. The van der Waals surface area contributed by atoms with E-state index in [4.69, 9.17) is 4.74 Å². The van der Waals surface area contributed by atoms with Gasteiger partial charge in [0.25, 0.3) is 0 Å². The lowest BCUT2D eigenvalue weighted by molar-refractivity contribution is 0.415. The zero-order chi connectivity index (χ0) is 7.40. The highest BCUT2D eigenvalue weighted by Crippen LogP contribution is 2.14. The molecule has 0 spiro atoms. The molecule has 1 N–H and O–H groups in total. The summed E-state index contributed by atoms with van der Waals surface area (Å²) in [5.74, 6) is 0.721. The molecule has 54 valence electrons. The van der Waals surface area contributed by atoms with E-state index in [0.717, 1.165) is 5.75 Å². The summed E-state index contributed by atoms with van der Waals surface area (Å²) in [5.41, 5.74) is 1.95. The van der Waals surface area contributed by atoms with E-state index in [1.54, 1.807) is 31.4 Å². The normalized spacial score (nSPS) is 9.00. The first kappa shape index (κ1) is 6.86. The molecule has 0 fully saturated rings. The number of benzene rings is 1. The Labute approximate surface area is 58.6 Å². The van der Waals surface area contributed by atoms with Gasteiger partial charge in [-0.25, -0.2) is 5.54 Å². The summed E-state index contributed by atoms with van der Waals surface area (Å²) >= 11 is 0. The Hall–Kier alpha value is -1.25. The number of nitrogens with one attached hydrogen (secondary N) is 1. The van der Waals surface area contributed by atoms with Crippen LogP contribution in [0.5, 0.6) is 5.75 Å². The van der Waals surface area contributed by atoms with E-state index in [2.05, 4.69) is 0 Å². The molecule has 0 aliphatic heterocycles. The summed E-state index contributed by atoms with van der Waals surface area (Å²) in [6.45, 7) is 0. The third-order valence-corrected chi connectivity index (χ3v) is 1.20. The van der Waals surface area contributed by atoms with Crippen LogP contribution in [0.4, 0.5) is 10.2 Å². The zero-order valence-electron chi connectivity index (χ0n) is 5.60. The van der Waals surface area contributed by atoms with Crippen molar-refractivity contribution in [2.45, 2.75) is 0 Å². The minimum absolute atomic E-state index is 0.431. The first-order valence-corrected chi connectivity index (χ1v) is 2.87. The maximum atomic E-state index is 11.7. The number of ether oxygens (including phenoxy) is 1. The highest BCUT2D eigenvalue weighted by atomic mass is 19.2. The van der Waals surface area contributed by atoms with Gasteiger partial charge in [-0.1, -0.05) is 0 Å². The summed E-state index contributed by atoms with van der Waals surface area (Å²) in [4.78, 5) is 0. The maximum absolute atomic E-state index is 11.7. The second-order valence-electron chi connectivity index (χ2n) is 1.82. The minimum Gasteiger partial charge on any atom is -0.497 e. The van der Waals surface area contributed by atoms with E-state index in [-0.39, 0.29) is 0 Å². The zero-order valence-corrected chi connectivity index (χ0v) is 5.60. The van der Waals surface area contributed by atoms with Crippen molar-refractivity contribution < 1.29 is 9.22 Å². The van der Waals surface area contributed by atoms with Gasteiger partial charge in [-0.3, -0.25) is 0 Å². The molecule has 0 unspecified atom stereocenters. The molecule has 0 saturated carbocycles. The summed E-state index contributed by atoms with van der Waals surface area (Å²) in [6.07, 6.45) is 0. The standard InChI is InChI=1S/C7H8FNO/c1-10-7-4-2-6(9-8)3-5-7/h2-5,9H,1H3. The van der Waals surface area contributed by atoms with Gasteiger partial charge >= 0.3 is 0 Å². The molecule has 0 amide bonds. The first-order valence-electron chi connectivity index (χ1n) is 2.87. The molecule has 0 bridgehead atoms. The molecule has 0 atom stereocenters. The molecular weight excluding hydrogens is 133 g/mol. The van der Waals surface area contributed by atoms with Gasteiger partial charge in [-0.05, 0) is 24.3 Å². The van der Waals surface area contributed by atoms with Gasteiger partial charge in [0, 0.05) is 0 Å². The van der Waals surface area contributed by atoms with Crippen molar-refractivity contribution in [2.24, 2.45) is 0 Å². The topological polar surface area (TPSA) is 21.3 Å². The van der Waals surface area contributed by atoms with Crippen LogP contribution in [0.15, 0.2) is 24.3 Å². The fourth-order valence-electron chi connectivity index (χ4n) is 0.654. The molecule has 0 aliphatic rings. The molecule has 0 aromatic heterocycles. The quantitative estimate of drug-likeness (QED) is 0.636. The number of anilines is 1. The van der Waals surface area contributed by atoms with E-state index in [9.17, 15) is 4.48 Å². The molecule has 3 heteroatoms. The number of hydrogen-bond acceptors (Lipinski definition) is 2. The van der Waals surface area contributed by atoms with Crippen molar-refractivity contribution in [1.82, 2.24) is 0 Å². The van der Waals surface area contributed by atoms with Gasteiger partial charge in [0.15, 0.2) is 0 Å². The predicted octanol–water partition coefficient (Wildman–Crippen LogP) is 1.99. The number of methoxy groups -OCH3 is 1. The second kappa shape index (κ2) is 3.06. The summed E-state index contributed by atoms with van der Waals surface area (Å²) < 4.78 is 16.5. The van der Waals surface area contributed by atoms with Gasteiger partial charge in [-0.2, -0.15) is 0 Å². The Kier molecular flexibility index (Phi) is 2.10. The summed E-state index contributed by atoms with van der Waals surface area (Å²) in [7, 11) is 1.57. The lowest BCUT2D eigenvalue weighted by atomic mass is 10.3. The summed E-state index contributed by atoms with van der Waals surface area (Å²) in [6, 6.07) is 6.56. The van der Waals surface area contributed by atoms with E-state index >= 15 is 0 Å². The molecule has 0 aliphatic carbocycles. The molecule has 0 radical (unpaired) electrons.